The maximum atomic E-state index is 12.2. The third kappa shape index (κ3) is 5.22. The number of carbonyl (C=O) groups is 1. The van der Waals surface area contributed by atoms with E-state index >= 15 is 0 Å². The number of imidazole rings is 1. The predicted octanol–water partition coefficient (Wildman–Crippen LogP) is 5.82. The first-order valence-electron chi connectivity index (χ1n) is 8.99. The number of anilines is 1. The summed E-state index contributed by atoms with van der Waals surface area (Å²) >= 11 is 12.7. The average molecular weight is 434 g/mol. The molecule has 2 N–H and O–H groups in total. The molecule has 1 amide bonds. The largest absolute Gasteiger partial charge is 0.496 e. The van der Waals surface area contributed by atoms with Crippen LogP contribution in [0.3, 0.4) is 0 Å². The van der Waals surface area contributed by atoms with Crippen LogP contribution in [-0.4, -0.2) is 23.0 Å². The highest BCUT2D eigenvalue weighted by Gasteiger charge is 2.15. The first-order valence-corrected chi connectivity index (χ1v) is 9.75. The number of aromatic amines is 1. The number of aromatic nitrogens is 2. The van der Waals surface area contributed by atoms with Gasteiger partial charge in [-0.15, -0.1) is 0 Å². The molecule has 2 aromatic carbocycles. The smallest absolute Gasteiger partial charge is 0.230 e. The number of nitrogens with one attached hydrogen (secondary N) is 2. The molecule has 3 aromatic rings. The van der Waals surface area contributed by atoms with E-state index in [0.717, 1.165) is 11.3 Å². The summed E-state index contributed by atoms with van der Waals surface area (Å²) in [5, 5.41) is 3.34. The van der Waals surface area contributed by atoms with Crippen molar-refractivity contribution < 1.29 is 14.3 Å². The highest BCUT2D eigenvalue weighted by molar-refractivity contribution is 6.37. The Morgan fingerprint density at radius 3 is 2.52 bits per heavy atom. The highest BCUT2D eigenvalue weighted by Crippen LogP contribution is 2.40. The number of H-pyrrole nitrogens is 1. The summed E-state index contributed by atoms with van der Waals surface area (Å²) in [4.78, 5) is 18.9. The number of benzene rings is 2. The van der Waals surface area contributed by atoms with E-state index in [-0.39, 0.29) is 28.3 Å². The van der Waals surface area contributed by atoms with E-state index in [1.165, 1.54) is 6.33 Å². The van der Waals surface area contributed by atoms with Crippen LogP contribution in [0.25, 0.3) is 0 Å². The van der Waals surface area contributed by atoms with Gasteiger partial charge in [0.15, 0.2) is 5.75 Å². The van der Waals surface area contributed by atoms with Crippen LogP contribution in [0.15, 0.2) is 42.9 Å². The van der Waals surface area contributed by atoms with E-state index in [9.17, 15) is 4.79 Å². The molecule has 152 valence electrons. The lowest BCUT2D eigenvalue weighted by Crippen LogP contribution is -2.14. The number of carbonyl (C=O) groups excluding carboxylic acids is 1. The molecule has 0 bridgehead atoms. The van der Waals surface area contributed by atoms with Crippen molar-refractivity contribution in [2.45, 2.75) is 26.2 Å². The van der Waals surface area contributed by atoms with Gasteiger partial charge in [-0.1, -0.05) is 37.0 Å². The molecule has 0 saturated heterocycles. The summed E-state index contributed by atoms with van der Waals surface area (Å²) in [5.41, 5.74) is 2.20. The van der Waals surface area contributed by atoms with Crippen LogP contribution < -0.4 is 14.8 Å². The first-order chi connectivity index (χ1) is 13.9. The van der Waals surface area contributed by atoms with Gasteiger partial charge < -0.3 is 19.8 Å². The van der Waals surface area contributed by atoms with Crippen molar-refractivity contribution >= 4 is 34.8 Å². The van der Waals surface area contributed by atoms with Gasteiger partial charge in [-0.2, -0.15) is 0 Å². The quantitative estimate of drug-likeness (QED) is 0.491. The Labute approximate surface area is 179 Å². The van der Waals surface area contributed by atoms with Crippen LogP contribution in [0.4, 0.5) is 5.69 Å². The lowest BCUT2D eigenvalue weighted by molar-refractivity contribution is -0.115. The lowest BCUT2D eigenvalue weighted by Gasteiger charge is -2.16. The maximum Gasteiger partial charge on any atom is 0.230 e. The van der Waals surface area contributed by atoms with Gasteiger partial charge in [0.25, 0.3) is 0 Å². The highest BCUT2D eigenvalue weighted by atomic mass is 35.5. The van der Waals surface area contributed by atoms with Gasteiger partial charge in [0.05, 0.1) is 29.9 Å². The fourth-order valence-electron chi connectivity index (χ4n) is 2.83. The zero-order valence-corrected chi connectivity index (χ0v) is 17.8. The van der Waals surface area contributed by atoms with Gasteiger partial charge in [0, 0.05) is 23.1 Å². The SMILES string of the molecule is COc1ccc(Oc2c(Cl)cc(NC(=O)Cc3cnc[nH]3)cc2Cl)cc1C(C)C. The van der Waals surface area contributed by atoms with E-state index < -0.39 is 0 Å². The molecule has 6 nitrogen and oxygen atoms in total. The summed E-state index contributed by atoms with van der Waals surface area (Å²) < 4.78 is 11.3. The summed E-state index contributed by atoms with van der Waals surface area (Å²) in [5.74, 6) is 1.74. The van der Waals surface area contributed by atoms with Gasteiger partial charge in [-0.3, -0.25) is 4.79 Å². The van der Waals surface area contributed by atoms with Crippen LogP contribution in [0, 0.1) is 0 Å². The molecule has 0 aliphatic heterocycles. The zero-order valence-electron chi connectivity index (χ0n) is 16.3. The summed E-state index contributed by atoms with van der Waals surface area (Å²) in [6.07, 6.45) is 3.28. The van der Waals surface area contributed by atoms with E-state index in [1.54, 1.807) is 31.5 Å². The van der Waals surface area contributed by atoms with Gasteiger partial charge >= 0.3 is 0 Å². The number of methoxy groups -OCH3 is 1. The summed E-state index contributed by atoms with van der Waals surface area (Å²) in [6.45, 7) is 4.14. The third-order valence-electron chi connectivity index (χ3n) is 4.23. The zero-order chi connectivity index (χ0) is 21.0. The molecule has 1 aromatic heterocycles. The minimum Gasteiger partial charge on any atom is -0.496 e. The second-order valence-corrected chi connectivity index (χ2v) is 7.55. The van der Waals surface area contributed by atoms with E-state index in [4.69, 9.17) is 32.7 Å². The number of hydrogen-bond donors (Lipinski definition) is 2. The molecule has 0 saturated carbocycles. The van der Waals surface area contributed by atoms with Crippen molar-refractivity contribution in [3.63, 3.8) is 0 Å². The number of hydrogen-bond acceptors (Lipinski definition) is 4. The van der Waals surface area contributed by atoms with Crippen molar-refractivity contribution in [1.29, 1.82) is 0 Å². The second-order valence-electron chi connectivity index (χ2n) is 6.73. The first kappa shape index (κ1) is 21.0. The predicted molar refractivity (Wildman–Crippen MR) is 115 cm³/mol. The monoisotopic (exact) mass is 433 g/mol. The Kier molecular flexibility index (Phi) is 6.67. The molecule has 0 spiro atoms. The lowest BCUT2D eigenvalue weighted by atomic mass is 10.0. The van der Waals surface area contributed by atoms with Crippen LogP contribution in [0.1, 0.15) is 31.0 Å². The molecule has 0 aliphatic rings. The number of halogens is 2. The van der Waals surface area contributed by atoms with Crippen molar-refractivity contribution in [2.75, 3.05) is 12.4 Å². The summed E-state index contributed by atoms with van der Waals surface area (Å²) in [6, 6.07) is 8.73. The van der Waals surface area contributed by atoms with Crippen molar-refractivity contribution in [2.24, 2.45) is 0 Å². The van der Waals surface area contributed by atoms with Crippen LogP contribution in [-0.2, 0) is 11.2 Å². The van der Waals surface area contributed by atoms with E-state index in [1.807, 2.05) is 12.1 Å². The Hall–Kier alpha value is -2.70. The molecule has 8 heteroatoms. The van der Waals surface area contributed by atoms with E-state index in [0.29, 0.717) is 22.9 Å². The Morgan fingerprint density at radius 2 is 1.93 bits per heavy atom. The van der Waals surface area contributed by atoms with Crippen LogP contribution in [0.2, 0.25) is 10.0 Å². The van der Waals surface area contributed by atoms with Gasteiger partial charge in [0.2, 0.25) is 5.91 Å². The Morgan fingerprint density at radius 1 is 1.21 bits per heavy atom. The average Bonchev–Trinajstić information content (AvgIpc) is 3.17. The minimum absolute atomic E-state index is 0.164. The Bertz CT molecular complexity index is 981. The molecule has 1 heterocycles. The topological polar surface area (TPSA) is 76.2 Å². The van der Waals surface area contributed by atoms with Gasteiger partial charge in [-0.25, -0.2) is 4.98 Å². The van der Waals surface area contributed by atoms with Crippen molar-refractivity contribution in [3.05, 3.63) is 64.2 Å². The van der Waals surface area contributed by atoms with Gasteiger partial charge in [-0.05, 0) is 36.2 Å². The molecule has 3 rings (SSSR count). The van der Waals surface area contributed by atoms with Crippen molar-refractivity contribution in [1.82, 2.24) is 9.97 Å². The van der Waals surface area contributed by atoms with Crippen molar-refractivity contribution in [3.8, 4) is 17.2 Å². The maximum absolute atomic E-state index is 12.2. The third-order valence-corrected chi connectivity index (χ3v) is 4.79. The molecule has 29 heavy (non-hydrogen) atoms. The number of ether oxygens (including phenoxy) is 2. The number of nitrogens with zero attached hydrogens (tertiary/aromatic N) is 1. The molecule has 0 atom stereocenters. The second kappa shape index (κ2) is 9.20. The number of amides is 1. The Balaban J connectivity index is 1.77. The molecule has 0 radical (unpaired) electrons. The fraction of sp³-hybridized carbons (Fsp3) is 0.238. The van der Waals surface area contributed by atoms with Gasteiger partial charge in [0.1, 0.15) is 11.5 Å². The summed E-state index contributed by atoms with van der Waals surface area (Å²) in [7, 11) is 1.63. The molecule has 0 unspecified atom stereocenters. The van der Waals surface area contributed by atoms with Crippen LogP contribution >= 0.6 is 23.2 Å². The fourth-order valence-corrected chi connectivity index (χ4v) is 3.40. The minimum atomic E-state index is -0.216. The number of rotatable bonds is 7. The van der Waals surface area contributed by atoms with E-state index in [2.05, 4.69) is 29.1 Å². The van der Waals surface area contributed by atoms with Crippen LogP contribution in [0.5, 0.6) is 17.2 Å². The molecular weight excluding hydrogens is 413 g/mol. The molecular formula is C21H21Cl2N3O3. The normalized spacial score (nSPS) is 10.8. The standard InChI is InChI=1S/C21H21Cl2N3O3/c1-12(2)16-9-15(4-5-19(16)28-3)29-21-17(22)6-13(7-18(21)23)26-20(27)8-14-10-24-11-25-14/h4-7,9-12H,8H2,1-3H3,(H,24,25)(H,26,27). The molecule has 0 aliphatic carbocycles. The molecule has 0 fully saturated rings.